The van der Waals surface area contributed by atoms with Crippen LogP contribution in [0.3, 0.4) is 0 Å². The average molecular weight is 583 g/mol. The summed E-state index contributed by atoms with van der Waals surface area (Å²) in [7, 11) is -9.19. The SMILES string of the molecule is C[C@H]1CN(S(=O)(=O)NS(=O)(=O)Nc2cc(O[C@H](C)C(=O)O)nc(SCc3cccc(F)c3F)n2)CCN1. The third kappa shape index (κ3) is 8.17. The number of nitrogens with zero attached hydrogens (tertiary/aromatic N) is 3. The molecule has 2 heterocycles. The number of anilines is 1. The highest BCUT2D eigenvalue weighted by atomic mass is 32.3. The standard InChI is InChI=1S/C19H24F2N6O7S3/c1-11-9-27(7-6-22-11)37(32,33)26-36(30,31)25-15-8-16(34-12(2)18(28)29)24-19(23-15)35-10-13-4-3-5-14(20)17(13)21/h3-5,8,11-12,22,26H,6-7,9-10H2,1-2H3,(H,28,29)(H,23,24,25)/t11-,12+/m0/s1. The molecule has 2 atom stereocenters. The quantitative estimate of drug-likeness (QED) is 0.216. The number of ether oxygens (including phenoxy) is 1. The number of piperazine rings is 1. The van der Waals surface area contributed by atoms with Gasteiger partial charge in [0.2, 0.25) is 5.88 Å². The number of carboxylic acids is 1. The summed E-state index contributed by atoms with van der Waals surface area (Å²) < 4.78 is 87.6. The molecule has 4 N–H and O–H groups in total. The third-order valence-electron chi connectivity index (χ3n) is 4.84. The predicted octanol–water partition coefficient (Wildman–Crippen LogP) is 0.684. The summed E-state index contributed by atoms with van der Waals surface area (Å²) in [5.74, 6) is -4.47. The van der Waals surface area contributed by atoms with E-state index in [0.717, 1.165) is 28.2 Å². The first kappa shape index (κ1) is 28.9. The van der Waals surface area contributed by atoms with Crippen molar-refractivity contribution in [3.63, 3.8) is 0 Å². The lowest BCUT2D eigenvalue weighted by Crippen LogP contribution is -2.55. The Hall–Kier alpha value is -2.64. The molecule has 0 amide bonds. The molecule has 0 radical (unpaired) electrons. The zero-order valence-electron chi connectivity index (χ0n) is 19.5. The van der Waals surface area contributed by atoms with Gasteiger partial charge in [-0.15, -0.1) is 0 Å². The highest BCUT2D eigenvalue weighted by molar-refractivity contribution is 8.04. The van der Waals surface area contributed by atoms with E-state index in [2.05, 4.69) is 15.3 Å². The van der Waals surface area contributed by atoms with Gasteiger partial charge in [0.1, 0.15) is 5.82 Å². The van der Waals surface area contributed by atoms with Crippen LogP contribution < -0.4 is 18.9 Å². The maximum absolute atomic E-state index is 14.0. The molecule has 0 bridgehead atoms. The molecule has 0 spiro atoms. The first-order valence-corrected chi connectivity index (χ1v) is 14.6. The maximum Gasteiger partial charge on any atom is 0.344 e. The Bertz CT molecular complexity index is 1360. The number of hydrogen-bond donors (Lipinski definition) is 4. The lowest BCUT2D eigenvalue weighted by Gasteiger charge is -2.30. The van der Waals surface area contributed by atoms with E-state index < -0.39 is 49.9 Å². The van der Waals surface area contributed by atoms with Gasteiger partial charge >= 0.3 is 16.2 Å². The molecule has 37 heavy (non-hydrogen) atoms. The molecule has 0 unspecified atom stereocenters. The summed E-state index contributed by atoms with van der Waals surface area (Å²) in [4.78, 5) is 19.1. The van der Waals surface area contributed by atoms with Crippen molar-refractivity contribution < 1.29 is 40.3 Å². The van der Waals surface area contributed by atoms with Gasteiger partial charge < -0.3 is 15.2 Å². The van der Waals surface area contributed by atoms with Crippen LogP contribution in [0.25, 0.3) is 0 Å². The minimum Gasteiger partial charge on any atom is -0.479 e. The van der Waals surface area contributed by atoms with Gasteiger partial charge in [-0.1, -0.05) is 28.0 Å². The molecule has 1 aromatic carbocycles. The van der Waals surface area contributed by atoms with Crippen LogP contribution in [0.2, 0.25) is 0 Å². The van der Waals surface area contributed by atoms with Crippen molar-refractivity contribution in [2.45, 2.75) is 36.9 Å². The number of aliphatic carboxylic acids is 1. The monoisotopic (exact) mass is 582 g/mol. The van der Waals surface area contributed by atoms with Gasteiger partial charge in [0.15, 0.2) is 22.9 Å². The minimum atomic E-state index is -4.75. The lowest BCUT2D eigenvalue weighted by molar-refractivity contribution is -0.144. The van der Waals surface area contributed by atoms with Gasteiger partial charge in [0.25, 0.3) is 10.2 Å². The molecule has 1 aliphatic rings. The van der Waals surface area contributed by atoms with Crippen LogP contribution in [0.5, 0.6) is 5.88 Å². The van der Waals surface area contributed by atoms with Crippen LogP contribution >= 0.6 is 11.8 Å². The van der Waals surface area contributed by atoms with Crippen molar-refractivity contribution in [1.29, 1.82) is 0 Å². The van der Waals surface area contributed by atoms with Gasteiger partial charge in [0, 0.05) is 43.1 Å². The fourth-order valence-electron chi connectivity index (χ4n) is 3.08. The molecule has 1 aliphatic heterocycles. The largest absolute Gasteiger partial charge is 0.479 e. The number of thioether (sulfide) groups is 1. The second-order valence-corrected chi connectivity index (χ2v) is 12.2. The van der Waals surface area contributed by atoms with Crippen LogP contribution in [-0.4, -0.2) is 74.0 Å². The molecule has 1 saturated heterocycles. The molecule has 1 aromatic heterocycles. The van der Waals surface area contributed by atoms with E-state index in [1.807, 2.05) is 4.72 Å². The van der Waals surface area contributed by atoms with E-state index in [-0.39, 0.29) is 41.5 Å². The molecule has 1 fully saturated rings. The zero-order chi connectivity index (χ0) is 27.4. The van der Waals surface area contributed by atoms with Crippen LogP contribution in [0.1, 0.15) is 19.4 Å². The van der Waals surface area contributed by atoms with Crippen molar-refractivity contribution in [2.24, 2.45) is 0 Å². The second kappa shape index (κ2) is 11.8. The van der Waals surface area contributed by atoms with Gasteiger partial charge in [-0.25, -0.2) is 18.6 Å². The van der Waals surface area contributed by atoms with Crippen LogP contribution in [-0.2, 0) is 31.0 Å². The normalized spacial score (nSPS) is 17.8. The van der Waals surface area contributed by atoms with Gasteiger partial charge in [-0.3, -0.25) is 4.72 Å². The van der Waals surface area contributed by atoms with Gasteiger partial charge in [-0.05, 0) is 19.9 Å². The molecule has 18 heteroatoms. The van der Waals surface area contributed by atoms with E-state index in [0.29, 0.717) is 6.54 Å². The molecule has 0 aliphatic carbocycles. The fourth-order valence-corrected chi connectivity index (χ4v) is 6.73. The molecule has 13 nitrogen and oxygen atoms in total. The number of aromatic nitrogens is 2. The highest BCUT2D eigenvalue weighted by Crippen LogP contribution is 2.26. The topological polar surface area (TPSA) is 180 Å². The Balaban J connectivity index is 1.83. The van der Waals surface area contributed by atoms with E-state index >= 15 is 0 Å². The Kier molecular flexibility index (Phi) is 9.24. The average Bonchev–Trinajstić information content (AvgIpc) is 2.78. The van der Waals surface area contributed by atoms with E-state index in [1.54, 1.807) is 11.1 Å². The number of rotatable bonds is 11. The summed E-state index contributed by atoms with van der Waals surface area (Å²) in [6, 6.07) is 4.32. The van der Waals surface area contributed by atoms with Crippen molar-refractivity contribution in [1.82, 2.24) is 23.7 Å². The van der Waals surface area contributed by atoms with Crippen LogP contribution in [0.4, 0.5) is 14.6 Å². The summed E-state index contributed by atoms with van der Waals surface area (Å²) >= 11 is 0.777. The zero-order valence-corrected chi connectivity index (χ0v) is 22.0. The summed E-state index contributed by atoms with van der Waals surface area (Å²) in [5.41, 5.74) is -0.0287. The summed E-state index contributed by atoms with van der Waals surface area (Å²) in [6.07, 6.45) is -1.38. The number of hydrogen-bond acceptors (Lipinski definition) is 10. The maximum atomic E-state index is 14.0. The molecular formula is C19H24F2N6O7S3. The number of halogens is 2. The lowest BCUT2D eigenvalue weighted by atomic mass is 10.2. The third-order valence-corrected chi connectivity index (χ3v) is 8.95. The van der Waals surface area contributed by atoms with E-state index in [4.69, 9.17) is 9.84 Å². The van der Waals surface area contributed by atoms with Crippen LogP contribution in [0.15, 0.2) is 29.4 Å². The number of nitrogens with one attached hydrogen (secondary N) is 3. The van der Waals surface area contributed by atoms with Crippen molar-refractivity contribution >= 4 is 44.0 Å². The Labute approximate surface area is 216 Å². The molecule has 0 saturated carbocycles. The molecule has 204 valence electrons. The Morgan fingerprint density at radius 3 is 2.73 bits per heavy atom. The number of carboxylic acid groups (broad SMARTS) is 1. The summed E-state index contributed by atoms with van der Waals surface area (Å²) in [5, 5.41) is 11.9. The molecule has 2 aromatic rings. The first-order chi connectivity index (χ1) is 17.3. The predicted molar refractivity (Wildman–Crippen MR) is 129 cm³/mol. The number of benzene rings is 1. The molecular weight excluding hydrogens is 558 g/mol. The molecule has 3 rings (SSSR count). The van der Waals surface area contributed by atoms with E-state index in [9.17, 15) is 30.4 Å². The van der Waals surface area contributed by atoms with Gasteiger partial charge in [0.05, 0.1) is 0 Å². The van der Waals surface area contributed by atoms with Crippen LogP contribution in [0, 0.1) is 11.6 Å². The second-order valence-electron chi connectivity index (χ2n) is 7.88. The van der Waals surface area contributed by atoms with Crippen molar-refractivity contribution in [3.8, 4) is 5.88 Å². The minimum absolute atomic E-state index is 0.0287. The summed E-state index contributed by atoms with van der Waals surface area (Å²) in [6.45, 7) is 3.36. The van der Waals surface area contributed by atoms with Crippen molar-refractivity contribution in [3.05, 3.63) is 41.5 Å². The van der Waals surface area contributed by atoms with Gasteiger partial charge in [-0.2, -0.15) is 26.1 Å². The van der Waals surface area contributed by atoms with Crippen molar-refractivity contribution in [2.75, 3.05) is 24.4 Å². The highest BCUT2D eigenvalue weighted by Gasteiger charge is 2.31. The first-order valence-electron chi connectivity index (χ1n) is 10.6. The number of carbonyl (C=O) groups is 1. The van der Waals surface area contributed by atoms with E-state index in [1.165, 1.54) is 19.1 Å². The smallest absolute Gasteiger partial charge is 0.344 e. The Morgan fingerprint density at radius 1 is 1.32 bits per heavy atom. The Morgan fingerprint density at radius 2 is 2.05 bits per heavy atom. The fraction of sp³-hybridized carbons (Fsp3) is 0.421.